The highest BCUT2D eigenvalue weighted by Gasteiger charge is 2.13. The van der Waals surface area contributed by atoms with Crippen LogP contribution >= 0.6 is 0 Å². The van der Waals surface area contributed by atoms with Gasteiger partial charge in [-0.1, -0.05) is 24.2 Å². The van der Waals surface area contributed by atoms with Crippen molar-refractivity contribution in [1.29, 1.82) is 0 Å². The third-order valence-corrected chi connectivity index (χ3v) is 3.69. The zero-order chi connectivity index (χ0) is 17.4. The SMILES string of the molecule is CCNC(=NCc1cc(C(CC)CC)no1)NCc1nc(C)no1. The van der Waals surface area contributed by atoms with Crippen LogP contribution in [-0.2, 0) is 13.1 Å². The molecule has 0 fully saturated rings. The van der Waals surface area contributed by atoms with Crippen LogP contribution in [0.25, 0.3) is 0 Å². The number of aliphatic imine (C=N–C) groups is 1. The van der Waals surface area contributed by atoms with E-state index in [1.165, 1.54) is 0 Å². The number of aromatic nitrogens is 3. The predicted molar refractivity (Wildman–Crippen MR) is 90.5 cm³/mol. The van der Waals surface area contributed by atoms with Gasteiger partial charge in [0.1, 0.15) is 6.54 Å². The third kappa shape index (κ3) is 5.07. The van der Waals surface area contributed by atoms with Gasteiger partial charge >= 0.3 is 0 Å². The lowest BCUT2D eigenvalue weighted by Crippen LogP contribution is -2.36. The van der Waals surface area contributed by atoms with Crippen LogP contribution in [0.4, 0.5) is 0 Å². The van der Waals surface area contributed by atoms with Gasteiger partial charge in [0, 0.05) is 18.5 Å². The zero-order valence-electron chi connectivity index (χ0n) is 14.8. The predicted octanol–water partition coefficient (Wildman–Crippen LogP) is 2.52. The van der Waals surface area contributed by atoms with Crippen molar-refractivity contribution in [3.63, 3.8) is 0 Å². The summed E-state index contributed by atoms with van der Waals surface area (Å²) < 4.78 is 10.5. The second-order valence-corrected chi connectivity index (χ2v) is 5.52. The van der Waals surface area contributed by atoms with Gasteiger partial charge in [-0.25, -0.2) is 4.99 Å². The molecule has 8 nitrogen and oxygen atoms in total. The molecular formula is C16H26N6O2. The highest BCUT2D eigenvalue weighted by atomic mass is 16.5. The van der Waals surface area contributed by atoms with Gasteiger partial charge in [0.2, 0.25) is 5.89 Å². The third-order valence-electron chi connectivity index (χ3n) is 3.69. The molecule has 2 rings (SSSR count). The van der Waals surface area contributed by atoms with E-state index in [2.05, 4.69) is 44.8 Å². The molecule has 132 valence electrons. The van der Waals surface area contributed by atoms with Crippen LogP contribution in [-0.4, -0.2) is 27.8 Å². The summed E-state index contributed by atoms with van der Waals surface area (Å²) in [4.78, 5) is 8.65. The summed E-state index contributed by atoms with van der Waals surface area (Å²) in [6.07, 6.45) is 2.11. The van der Waals surface area contributed by atoms with Crippen molar-refractivity contribution in [2.45, 2.75) is 59.5 Å². The van der Waals surface area contributed by atoms with Crippen molar-refractivity contribution < 1.29 is 9.05 Å². The lowest BCUT2D eigenvalue weighted by Gasteiger charge is -2.08. The first-order valence-corrected chi connectivity index (χ1v) is 8.43. The Morgan fingerprint density at radius 3 is 2.58 bits per heavy atom. The van der Waals surface area contributed by atoms with E-state index in [1.54, 1.807) is 6.92 Å². The molecule has 0 spiro atoms. The minimum absolute atomic E-state index is 0.419. The zero-order valence-corrected chi connectivity index (χ0v) is 14.8. The average Bonchev–Trinajstić information content (AvgIpc) is 3.21. The number of guanidine groups is 1. The minimum atomic E-state index is 0.419. The average molecular weight is 334 g/mol. The Morgan fingerprint density at radius 1 is 1.17 bits per heavy atom. The van der Waals surface area contributed by atoms with E-state index in [1.807, 2.05) is 13.0 Å². The minimum Gasteiger partial charge on any atom is -0.359 e. The molecule has 2 N–H and O–H groups in total. The first kappa shape index (κ1) is 18.0. The number of hydrogen-bond acceptors (Lipinski definition) is 6. The molecule has 0 unspecified atom stereocenters. The standard InChI is InChI=1S/C16H26N6O2/c1-5-12(6-2)14-8-13(23-22-14)9-18-16(17-7-3)19-10-15-20-11(4)21-24-15/h8,12H,5-7,9-10H2,1-4H3,(H2,17,18,19). The Labute approximate surface area is 142 Å². The van der Waals surface area contributed by atoms with Gasteiger partial charge in [-0.2, -0.15) is 4.98 Å². The maximum Gasteiger partial charge on any atom is 0.246 e. The van der Waals surface area contributed by atoms with Crippen molar-refractivity contribution in [2.75, 3.05) is 6.54 Å². The van der Waals surface area contributed by atoms with E-state index in [0.717, 1.165) is 30.8 Å². The summed E-state index contributed by atoms with van der Waals surface area (Å²) in [6.45, 7) is 9.71. The smallest absolute Gasteiger partial charge is 0.246 e. The number of aryl methyl sites for hydroxylation is 1. The summed E-state index contributed by atoms with van der Waals surface area (Å²) in [5.74, 6) is 2.99. The van der Waals surface area contributed by atoms with Crippen molar-refractivity contribution in [3.8, 4) is 0 Å². The fourth-order valence-electron chi connectivity index (χ4n) is 2.37. The second kappa shape index (κ2) is 9.05. The summed E-state index contributed by atoms with van der Waals surface area (Å²) >= 11 is 0. The van der Waals surface area contributed by atoms with Crippen molar-refractivity contribution in [3.05, 3.63) is 29.2 Å². The molecule has 0 amide bonds. The molecule has 0 radical (unpaired) electrons. The first-order chi connectivity index (χ1) is 11.7. The summed E-state index contributed by atoms with van der Waals surface area (Å²) in [6, 6.07) is 1.99. The quantitative estimate of drug-likeness (QED) is 0.565. The Kier molecular flexibility index (Phi) is 6.77. The van der Waals surface area contributed by atoms with Crippen LogP contribution < -0.4 is 10.6 Å². The molecular weight excluding hydrogens is 308 g/mol. The molecule has 2 heterocycles. The molecule has 0 saturated carbocycles. The second-order valence-electron chi connectivity index (χ2n) is 5.52. The van der Waals surface area contributed by atoms with Gasteiger partial charge in [-0.3, -0.25) is 0 Å². The lowest BCUT2D eigenvalue weighted by molar-refractivity contribution is 0.369. The van der Waals surface area contributed by atoms with Gasteiger partial charge in [0.15, 0.2) is 17.5 Å². The fourth-order valence-corrected chi connectivity index (χ4v) is 2.37. The van der Waals surface area contributed by atoms with E-state index in [4.69, 9.17) is 9.05 Å². The fraction of sp³-hybridized carbons (Fsp3) is 0.625. The molecule has 0 aliphatic heterocycles. The van der Waals surface area contributed by atoms with Crippen LogP contribution in [0, 0.1) is 6.92 Å². The van der Waals surface area contributed by atoms with E-state index in [9.17, 15) is 0 Å². The molecule has 0 aliphatic rings. The van der Waals surface area contributed by atoms with Gasteiger partial charge in [-0.15, -0.1) is 0 Å². The van der Waals surface area contributed by atoms with Crippen LogP contribution in [0.3, 0.4) is 0 Å². The maximum absolute atomic E-state index is 5.39. The van der Waals surface area contributed by atoms with Gasteiger partial charge in [0.05, 0.1) is 12.2 Å². The highest BCUT2D eigenvalue weighted by molar-refractivity contribution is 5.79. The van der Waals surface area contributed by atoms with Crippen LogP contribution in [0.15, 0.2) is 20.1 Å². The Bertz CT molecular complexity index is 645. The van der Waals surface area contributed by atoms with Gasteiger partial charge < -0.3 is 19.7 Å². The molecule has 0 aromatic carbocycles. The van der Waals surface area contributed by atoms with E-state index < -0.39 is 0 Å². The van der Waals surface area contributed by atoms with Gasteiger partial charge in [0.25, 0.3) is 0 Å². The van der Waals surface area contributed by atoms with E-state index in [0.29, 0.717) is 36.7 Å². The molecule has 0 bridgehead atoms. The molecule has 0 saturated heterocycles. The van der Waals surface area contributed by atoms with Crippen LogP contribution in [0.5, 0.6) is 0 Å². The molecule has 8 heteroatoms. The maximum atomic E-state index is 5.39. The van der Waals surface area contributed by atoms with Crippen molar-refractivity contribution >= 4 is 5.96 Å². The topological polar surface area (TPSA) is 101 Å². The lowest BCUT2D eigenvalue weighted by atomic mass is 9.99. The number of nitrogens with one attached hydrogen (secondary N) is 2. The monoisotopic (exact) mass is 334 g/mol. The molecule has 24 heavy (non-hydrogen) atoms. The van der Waals surface area contributed by atoms with Crippen molar-refractivity contribution in [2.24, 2.45) is 4.99 Å². The normalized spacial score (nSPS) is 12.0. The first-order valence-electron chi connectivity index (χ1n) is 8.43. The van der Waals surface area contributed by atoms with E-state index in [-0.39, 0.29) is 0 Å². The van der Waals surface area contributed by atoms with Crippen LogP contribution in [0.2, 0.25) is 0 Å². The summed E-state index contributed by atoms with van der Waals surface area (Å²) in [7, 11) is 0. The number of hydrogen-bond donors (Lipinski definition) is 2. The molecule has 0 atom stereocenters. The van der Waals surface area contributed by atoms with Crippen molar-refractivity contribution in [1.82, 2.24) is 25.9 Å². The molecule has 2 aromatic rings. The van der Waals surface area contributed by atoms with Gasteiger partial charge in [-0.05, 0) is 26.7 Å². The Morgan fingerprint density at radius 2 is 1.96 bits per heavy atom. The Hall–Kier alpha value is -2.38. The largest absolute Gasteiger partial charge is 0.359 e. The highest BCUT2D eigenvalue weighted by Crippen LogP contribution is 2.22. The van der Waals surface area contributed by atoms with E-state index >= 15 is 0 Å². The molecule has 2 aromatic heterocycles. The molecule has 0 aliphatic carbocycles. The number of nitrogens with zero attached hydrogens (tertiary/aromatic N) is 4. The Balaban J connectivity index is 1.95. The summed E-state index contributed by atoms with van der Waals surface area (Å²) in [5, 5.41) is 14.2. The number of rotatable bonds is 8. The summed E-state index contributed by atoms with van der Waals surface area (Å²) in [5.41, 5.74) is 1.00. The van der Waals surface area contributed by atoms with Crippen LogP contribution in [0.1, 0.15) is 62.7 Å².